The average molecular weight is 413 g/mol. The van der Waals surface area contributed by atoms with Gasteiger partial charge in [0.1, 0.15) is 0 Å². The molecule has 144 valence electrons. The molecule has 0 saturated heterocycles. The molecule has 0 amide bonds. The van der Waals surface area contributed by atoms with E-state index in [-0.39, 0.29) is 5.78 Å². The maximum atomic E-state index is 12.3. The van der Waals surface area contributed by atoms with Crippen LogP contribution in [-0.4, -0.2) is 16.8 Å². The molecule has 3 aromatic rings. The molecule has 1 N–H and O–H groups in total. The zero-order valence-electron chi connectivity index (χ0n) is 15.8. The first-order valence-corrected chi connectivity index (χ1v) is 10.4. The summed E-state index contributed by atoms with van der Waals surface area (Å²) in [6, 6.07) is 12.0. The molecule has 0 spiro atoms. The van der Waals surface area contributed by atoms with E-state index < -0.39 is 0 Å². The summed E-state index contributed by atoms with van der Waals surface area (Å²) < 4.78 is 0. The molecule has 2 aromatic carbocycles. The second-order valence-corrected chi connectivity index (χ2v) is 8.35. The van der Waals surface area contributed by atoms with Gasteiger partial charge in [-0.25, -0.2) is 0 Å². The summed E-state index contributed by atoms with van der Waals surface area (Å²) in [6.45, 7) is 1.59. The van der Waals surface area contributed by atoms with E-state index in [1.165, 1.54) is 19.3 Å². The van der Waals surface area contributed by atoms with Gasteiger partial charge in [-0.2, -0.15) is 0 Å². The van der Waals surface area contributed by atoms with Gasteiger partial charge in [0.05, 0.1) is 16.8 Å². The van der Waals surface area contributed by atoms with Crippen molar-refractivity contribution in [3.63, 3.8) is 0 Å². The summed E-state index contributed by atoms with van der Waals surface area (Å²) >= 11 is 12.4. The summed E-state index contributed by atoms with van der Waals surface area (Å²) in [5, 5.41) is 5.81. The Morgan fingerprint density at radius 2 is 1.71 bits per heavy atom. The number of anilines is 1. The molecule has 0 unspecified atom stereocenters. The van der Waals surface area contributed by atoms with Crippen LogP contribution in [0.25, 0.3) is 22.0 Å². The molecule has 1 aromatic heterocycles. The number of nitrogens with zero attached hydrogens (tertiary/aromatic N) is 1. The smallest absolute Gasteiger partial charge is 0.163 e. The number of ketones is 1. The van der Waals surface area contributed by atoms with Gasteiger partial charge in [0.2, 0.25) is 0 Å². The van der Waals surface area contributed by atoms with Gasteiger partial charge in [0.15, 0.2) is 5.78 Å². The van der Waals surface area contributed by atoms with Crippen LogP contribution in [0.15, 0.2) is 42.6 Å². The van der Waals surface area contributed by atoms with Gasteiger partial charge < -0.3 is 5.32 Å². The van der Waals surface area contributed by atoms with Crippen LogP contribution in [-0.2, 0) is 0 Å². The van der Waals surface area contributed by atoms with Crippen molar-refractivity contribution in [1.29, 1.82) is 0 Å². The minimum Gasteiger partial charge on any atom is -0.381 e. The van der Waals surface area contributed by atoms with Gasteiger partial charge in [-0.1, -0.05) is 48.5 Å². The number of halogens is 2. The number of benzene rings is 2. The number of hydrogen-bond acceptors (Lipinski definition) is 3. The minimum absolute atomic E-state index is 0.0175. The number of hydrogen-bond donors (Lipinski definition) is 1. The third-order valence-corrected chi connectivity index (χ3v) is 5.83. The van der Waals surface area contributed by atoms with Gasteiger partial charge in [0, 0.05) is 27.7 Å². The first kappa shape index (κ1) is 19.2. The molecule has 3 nitrogen and oxygen atoms in total. The van der Waals surface area contributed by atoms with Gasteiger partial charge >= 0.3 is 0 Å². The molecule has 1 heterocycles. The molecule has 0 bridgehead atoms. The van der Waals surface area contributed by atoms with Crippen LogP contribution in [0.3, 0.4) is 0 Å². The highest BCUT2D eigenvalue weighted by Gasteiger charge is 2.19. The van der Waals surface area contributed by atoms with Crippen LogP contribution in [0, 0.1) is 0 Å². The Bertz CT molecular complexity index is 1020. The monoisotopic (exact) mass is 412 g/mol. The van der Waals surface area contributed by atoms with Gasteiger partial charge in [-0.3, -0.25) is 9.78 Å². The van der Waals surface area contributed by atoms with Crippen molar-refractivity contribution in [3.05, 3.63) is 58.2 Å². The fourth-order valence-electron chi connectivity index (χ4n) is 3.97. The lowest BCUT2D eigenvalue weighted by atomic mass is 9.94. The molecule has 0 atom stereocenters. The molecule has 1 fully saturated rings. The Kier molecular flexibility index (Phi) is 5.56. The lowest BCUT2D eigenvalue weighted by Crippen LogP contribution is -2.23. The largest absolute Gasteiger partial charge is 0.381 e. The second kappa shape index (κ2) is 8.10. The van der Waals surface area contributed by atoms with Crippen LogP contribution in [0.5, 0.6) is 0 Å². The Hall–Kier alpha value is -2.10. The first-order chi connectivity index (χ1) is 13.5. The lowest BCUT2D eigenvalue weighted by molar-refractivity contribution is 0.101. The minimum atomic E-state index is 0.0175. The Balaban J connectivity index is 1.85. The summed E-state index contributed by atoms with van der Waals surface area (Å²) in [7, 11) is 0. The van der Waals surface area contributed by atoms with Crippen LogP contribution in [0.2, 0.25) is 10.0 Å². The van der Waals surface area contributed by atoms with Gasteiger partial charge in [-0.15, -0.1) is 0 Å². The normalized spacial score (nSPS) is 15.0. The standard InChI is InChI=1S/C23H22Cl2N2O/c1-14(28)21-13-26-22-8-7-15(16-9-17(24)12-18(25)10-16)11-20(22)23(21)27-19-5-3-2-4-6-19/h7-13,19H,2-6H2,1H3,(H,26,27). The number of Topliss-reactive ketones (excluding diaryl/α,β-unsaturated/α-hetero) is 1. The van der Waals surface area contributed by atoms with E-state index in [4.69, 9.17) is 23.2 Å². The van der Waals surface area contributed by atoms with Crippen LogP contribution < -0.4 is 5.32 Å². The highest BCUT2D eigenvalue weighted by atomic mass is 35.5. The van der Waals surface area contributed by atoms with Crippen LogP contribution in [0.1, 0.15) is 49.4 Å². The van der Waals surface area contributed by atoms with Crippen molar-refractivity contribution >= 4 is 45.6 Å². The molecule has 28 heavy (non-hydrogen) atoms. The second-order valence-electron chi connectivity index (χ2n) is 7.47. The molecule has 0 radical (unpaired) electrons. The van der Waals surface area contributed by atoms with Crippen LogP contribution in [0.4, 0.5) is 5.69 Å². The van der Waals surface area contributed by atoms with Crippen molar-refractivity contribution in [3.8, 4) is 11.1 Å². The fraction of sp³-hybridized carbons (Fsp3) is 0.304. The molecular weight excluding hydrogens is 391 g/mol. The van der Waals surface area contributed by atoms with E-state index in [1.54, 1.807) is 19.2 Å². The van der Waals surface area contributed by atoms with Crippen molar-refractivity contribution in [2.45, 2.75) is 45.1 Å². The van der Waals surface area contributed by atoms with Gasteiger partial charge in [0.25, 0.3) is 0 Å². The predicted octanol–water partition coefficient (Wildman–Crippen LogP) is 7.16. The molecular formula is C23H22Cl2N2O. The molecule has 1 aliphatic carbocycles. The van der Waals surface area contributed by atoms with Crippen LogP contribution >= 0.6 is 23.2 Å². The SMILES string of the molecule is CC(=O)c1cnc2ccc(-c3cc(Cl)cc(Cl)c3)cc2c1NC1CCCCC1. The molecule has 5 heteroatoms. The summed E-state index contributed by atoms with van der Waals surface area (Å²) in [6.07, 6.45) is 7.68. The summed E-state index contributed by atoms with van der Waals surface area (Å²) in [5.41, 5.74) is 4.32. The quantitative estimate of drug-likeness (QED) is 0.462. The van der Waals surface area contributed by atoms with E-state index >= 15 is 0 Å². The highest BCUT2D eigenvalue weighted by Crippen LogP contribution is 2.34. The third-order valence-electron chi connectivity index (χ3n) is 5.40. The van der Waals surface area contributed by atoms with E-state index in [0.29, 0.717) is 21.7 Å². The summed E-state index contributed by atoms with van der Waals surface area (Å²) in [4.78, 5) is 16.8. The number of aromatic nitrogens is 1. The lowest BCUT2D eigenvalue weighted by Gasteiger charge is -2.25. The maximum absolute atomic E-state index is 12.3. The highest BCUT2D eigenvalue weighted by molar-refractivity contribution is 6.35. The van der Waals surface area contributed by atoms with Crippen molar-refractivity contribution in [1.82, 2.24) is 4.98 Å². The molecule has 4 rings (SSSR count). The Morgan fingerprint density at radius 1 is 1.00 bits per heavy atom. The van der Waals surface area contributed by atoms with E-state index in [2.05, 4.69) is 16.4 Å². The van der Waals surface area contributed by atoms with Crippen molar-refractivity contribution in [2.24, 2.45) is 0 Å². The number of pyridine rings is 1. The van der Waals surface area contributed by atoms with E-state index in [0.717, 1.165) is 40.6 Å². The zero-order chi connectivity index (χ0) is 19.7. The van der Waals surface area contributed by atoms with Crippen molar-refractivity contribution in [2.75, 3.05) is 5.32 Å². The topological polar surface area (TPSA) is 42.0 Å². The van der Waals surface area contributed by atoms with E-state index in [1.807, 2.05) is 24.3 Å². The Labute approximate surface area is 175 Å². The molecule has 1 saturated carbocycles. The third kappa shape index (κ3) is 4.01. The number of carbonyl (C=O) groups excluding carboxylic acids is 1. The van der Waals surface area contributed by atoms with Gasteiger partial charge in [-0.05, 0) is 61.2 Å². The molecule has 0 aliphatic heterocycles. The number of nitrogens with one attached hydrogen (secondary N) is 1. The maximum Gasteiger partial charge on any atom is 0.163 e. The fourth-order valence-corrected chi connectivity index (χ4v) is 4.49. The first-order valence-electron chi connectivity index (χ1n) is 9.68. The number of carbonyl (C=O) groups is 1. The zero-order valence-corrected chi connectivity index (χ0v) is 17.3. The Morgan fingerprint density at radius 3 is 2.39 bits per heavy atom. The van der Waals surface area contributed by atoms with Crippen molar-refractivity contribution < 1.29 is 4.79 Å². The summed E-state index contributed by atoms with van der Waals surface area (Å²) in [5.74, 6) is 0.0175. The number of rotatable bonds is 4. The average Bonchev–Trinajstić information content (AvgIpc) is 2.67. The van der Waals surface area contributed by atoms with E-state index in [9.17, 15) is 4.79 Å². The number of fused-ring (bicyclic) bond motifs is 1. The predicted molar refractivity (Wildman–Crippen MR) is 118 cm³/mol. The molecule has 1 aliphatic rings.